The fraction of sp³-hybridized carbons (Fsp3) is 0.714. The first-order valence-electron chi connectivity index (χ1n) is 6.93. The van der Waals surface area contributed by atoms with E-state index in [9.17, 15) is 0 Å². The van der Waals surface area contributed by atoms with E-state index in [1.807, 2.05) is 19.9 Å². The van der Waals surface area contributed by atoms with E-state index in [0.29, 0.717) is 0 Å². The Balaban J connectivity index is 1.81. The number of nitrogens with one attached hydrogen (secondary N) is 1. The van der Waals surface area contributed by atoms with E-state index in [0.717, 1.165) is 42.3 Å². The van der Waals surface area contributed by atoms with E-state index in [4.69, 9.17) is 5.73 Å². The van der Waals surface area contributed by atoms with Crippen molar-refractivity contribution in [2.75, 3.05) is 18.4 Å². The number of aryl methyl sites for hydroxylation is 2. The van der Waals surface area contributed by atoms with Crippen LogP contribution in [0, 0.1) is 25.7 Å². The van der Waals surface area contributed by atoms with Gasteiger partial charge in [0.2, 0.25) is 5.95 Å². The van der Waals surface area contributed by atoms with Gasteiger partial charge in [-0.05, 0) is 64.0 Å². The summed E-state index contributed by atoms with van der Waals surface area (Å²) in [5.74, 6) is 2.27. The lowest BCUT2D eigenvalue weighted by Gasteiger charge is -2.27. The maximum Gasteiger partial charge on any atom is 0.223 e. The van der Waals surface area contributed by atoms with Gasteiger partial charge in [-0.3, -0.25) is 0 Å². The van der Waals surface area contributed by atoms with E-state index in [1.54, 1.807) is 0 Å². The molecule has 0 aromatic carbocycles. The highest BCUT2D eigenvalue weighted by Gasteiger charge is 2.20. The Kier molecular flexibility index (Phi) is 4.53. The van der Waals surface area contributed by atoms with Crippen molar-refractivity contribution in [2.45, 2.75) is 39.5 Å². The Morgan fingerprint density at radius 1 is 1.11 bits per heavy atom. The summed E-state index contributed by atoms with van der Waals surface area (Å²) in [6.45, 7) is 5.85. The molecule has 4 nitrogen and oxygen atoms in total. The molecule has 0 amide bonds. The summed E-state index contributed by atoms with van der Waals surface area (Å²) in [7, 11) is 0. The van der Waals surface area contributed by atoms with Crippen LogP contribution in [0.15, 0.2) is 6.07 Å². The predicted molar refractivity (Wildman–Crippen MR) is 74.5 cm³/mol. The average molecular weight is 248 g/mol. The minimum atomic E-state index is 0.747. The van der Waals surface area contributed by atoms with E-state index < -0.39 is 0 Å². The number of aromatic nitrogens is 2. The molecule has 1 heterocycles. The molecule has 4 heteroatoms. The van der Waals surface area contributed by atoms with Crippen LogP contribution in [0.2, 0.25) is 0 Å². The van der Waals surface area contributed by atoms with Crippen molar-refractivity contribution in [3.05, 3.63) is 17.5 Å². The van der Waals surface area contributed by atoms with E-state index in [-0.39, 0.29) is 0 Å². The molecule has 100 valence electrons. The van der Waals surface area contributed by atoms with Gasteiger partial charge in [0.05, 0.1) is 0 Å². The Bertz CT molecular complexity index is 363. The summed E-state index contributed by atoms with van der Waals surface area (Å²) in [6, 6.07) is 2.00. The number of nitrogens with two attached hydrogens (primary N) is 1. The molecule has 2 rings (SSSR count). The topological polar surface area (TPSA) is 63.8 Å². The van der Waals surface area contributed by atoms with Gasteiger partial charge in [0.25, 0.3) is 0 Å². The minimum Gasteiger partial charge on any atom is -0.354 e. The summed E-state index contributed by atoms with van der Waals surface area (Å²) < 4.78 is 0. The molecule has 0 bridgehead atoms. The van der Waals surface area contributed by atoms with Gasteiger partial charge in [-0.25, -0.2) is 9.97 Å². The highest BCUT2D eigenvalue weighted by molar-refractivity contribution is 5.27. The number of rotatable bonds is 4. The van der Waals surface area contributed by atoms with Gasteiger partial charge in [0.1, 0.15) is 0 Å². The third kappa shape index (κ3) is 3.67. The molecule has 1 aliphatic rings. The molecular formula is C14H24N4. The fourth-order valence-corrected chi connectivity index (χ4v) is 2.71. The Morgan fingerprint density at radius 2 is 1.67 bits per heavy atom. The van der Waals surface area contributed by atoms with Crippen molar-refractivity contribution in [2.24, 2.45) is 17.6 Å². The van der Waals surface area contributed by atoms with Gasteiger partial charge in [-0.1, -0.05) is 0 Å². The largest absolute Gasteiger partial charge is 0.354 e. The minimum absolute atomic E-state index is 0.747. The first kappa shape index (κ1) is 13.3. The van der Waals surface area contributed by atoms with Crippen LogP contribution in [-0.2, 0) is 0 Å². The summed E-state index contributed by atoms with van der Waals surface area (Å²) in [5, 5.41) is 3.38. The Labute approximate surface area is 109 Å². The zero-order valence-corrected chi connectivity index (χ0v) is 11.4. The number of anilines is 1. The maximum absolute atomic E-state index is 5.71. The van der Waals surface area contributed by atoms with Gasteiger partial charge < -0.3 is 11.1 Å². The molecular weight excluding hydrogens is 224 g/mol. The van der Waals surface area contributed by atoms with Crippen LogP contribution in [0.4, 0.5) is 5.95 Å². The Morgan fingerprint density at radius 3 is 2.22 bits per heavy atom. The zero-order valence-electron chi connectivity index (χ0n) is 11.4. The molecule has 18 heavy (non-hydrogen) atoms. The van der Waals surface area contributed by atoms with Crippen LogP contribution in [0.5, 0.6) is 0 Å². The SMILES string of the molecule is Cc1cc(C)nc(NCC2CCC(CN)CC2)n1. The van der Waals surface area contributed by atoms with Crippen molar-refractivity contribution in [3.8, 4) is 0 Å². The molecule has 1 aromatic rings. The van der Waals surface area contributed by atoms with Crippen LogP contribution in [-0.4, -0.2) is 23.1 Å². The lowest BCUT2D eigenvalue weighted by Crippen LogP contribution is -2.25. The second-order valence-corrected chi connectivity index (χ2v) is 5.48. The highest BCUT2D eigenvalue weighted by atomic mass is 15.1. The molecule has 0 unspecified atom stereocenters. The molecule has 1 saturated carbocycles. The first-order chi connectivity index (χ1) is 8.67. The highest BCUT2D eigenvalue weighted by Crippen LogP contribution is 2.28. The molecule has 0 radical (unpaired) electrons. The van der Waals surface area contributed by atoms with Crippen molar-refractivity contribution >= 4 is 5.95 Å². The molecule has 0 atom stereocenters. The van der Waals surface area contributed by atoms with Crippen LogP contribution >= 0.6 is 0 Å². The molecule has 1 fully saturated rings. The van der Waals surface area contributed by atoms with Crippen molar-refractivity contribution in [3.63, 3.8) is 0 Å². The number of hydrogen-bond donors (Lipinski definition) is 2. The van der Waals surface area contributed by atoms with Crippen LogP contribution in [0.25, 0.3) is 0 Å². The van der Waals surface area contributed by atoms with Crippen LogP contribution in [0.1, 0.15) is 37.1 Å². The van der Waals surface area contributed by atoms with Crippen molar-refractivity contribution < 1.29 is 0 Å². The van der Waals surface area contributed by atoms with Gasteiger partial charge in [-0.2, -0.15) is 0 Å². The molecule has 0 aliphatic heterocycles. The van der Waals surface area contributed by atoms with Gasteiger partial charge >= 0.3 is 0 Å². The molecule has 1 aliphatic carbocycles. The summed E-state index contributed by atoms with van der Waals surface area (Å²) in [6.07, 6.45) is 5.10. The molecule has 0 spiro atoms. The molecule has 0 saturated heterocycles. The van der Waals surface area contributed by atoms with Crippen LogP contribution < -0.4 is 11.1 Å². The second kappa shape index (κ2) is 6.14. The van der Waals surface area contributed by atoms with E-state index in [2.05, 4.69) is 15.3 Å². The third-order valence-corrected chi connectivity index (χ3v) is 3.83. The Hall–Kier alpha value is -1.16. The third-order valence-electron chi connectivity index (χ3n) is 3.83. The predicted octanol–water partition coefficient (Wildman–Crippen LogP) is 2.27. The second-order valence-electron chi connectivity index (χ2n) is 5.48. The summed E-state index contributed by atoms with van der Waals surface area (Å²) in [4.78, 5) is 8.81. The van der Waals surface area contributed by atoms with Gasteiger partial charge in [0, 0.05) is 17.9 Å². The quantitative estimate of drug-likeness (QED) is 0.858. The smallest absolute Gasteiger partial charge is 0.223 e. The lowest BCUT2D eigenvalue weighted by atomic mass is 9.82. The van der Waals surface area contributed by atoms with E-state index >= 15 is 0 Å². The number of hydrogen-bond acceptors (Lipinski definition) is 4. The maximum atomic E-state index is 5.71. The standard InChI is InChI=1S/C14H24N4/c1-10-7-11(2)18-14(17-10)16-9-13-5-3-12(8-15)4-6-13/h7,12-13H,3-6,8-9,15H2,1-2H3,(H,16,17,18). The lowest BCUT2D eigenvalue weighted by molar-refractivity contribution is 0.289. The first-order valence-corrected chi connectivity index (χ1v) is 6.93. The average Bonchev–Trinajstić information content (AvgIpc) is 2.36. The normalized spacial score (nSPS) is 23.9. The molecule has 1 aromatic heterocycles. The number of nitrogens with zero attached hydrogens (tertiary/aromatic N) is 2. The van der Waals surface area contributed by atoms with E-state index in [1.165, 1.54) is 25.7 Å². The molecule has 3 N–H and O–H groups in total. The monoisotopic (exact) mass is 248 g/mol. The zero-order chi connectivity index (χ0) is 13.0. The van der Waals surface area contributed by atoms with Crippen molar-refractivity contribution in [1.29, 1.82) is 0 Å². The van der Waals surface area contributed by atoms with Crippen LogP contribution in [0.3, 0.4) is 0 Å². The van der Waals surface area contributed by atoms with Gasteiger partial charge in [-0.15, -0.1) is 0 Å². The fourth-order valence-electron chi connectivity index (χ4n) is 2.71. The summed E-state index contributed by atoms with van der Waals surface area (Å²) >= 11 is 0. The summed E-state index contributed by atoms with van der Waals surface area (Å²) in [5.41, 5.74) is 7.76. The van der Waals surface area contributed by atoms with Crippen molar-refractivity contribution in [1.82, 2.24) is 9.97 Å². The van der Waals surface area contributed by atoms with Gasteiger partial charge in [0.15, 0.2) is 0 Å².